The van der Waals surface area contributed by atoms with Crippen LogP contribution in [-0.2, 0) is 11.3 Å². The Balaban J connectivity index is 2.48. The summed E-state index contributed by atoms with van der Waals surface area (Å²) in [5.41, 5.74) is 1.17. The van der Waals surface area contributed by atoms with Gasteiger partial charge in [0.25, 0.3) is 0 Å². The summed E-state index contributed by atoms with van der Waals surface area (Å²) in [7, 11) is 1.84. The van der Waals surface area contributed by atoms with Crippen molar-refractivity contribution in [2.75, 3.05) is 7.05 Å². The molecule has 1 aromatic rings. The topological polar surface area (TPSA) is 40.5 Å². The monoisotopic (exact) mass is 275 g/mol. The standard InChI is InChI=1S/C9H10BrNO2S/c1-11(3-2-9(12)13)5-7-4-8(10)14-6-7/h2-4,6H,5H2,1H3,(H,12,13). The number of thiophene rings is 1. The van der Waals surface area contributed by atoms with E-state index in [2.05, 4.69) is 15.9 Å². The van der Waals surface area contributed by atoms with Crippen molar-refractivity contribution in [1.82, 2.24) is 4.90 Å². The molecule has 3 nitrogen and oxygen atoms in total. The van der Waals surface area contributed by atoms with Crippen molar-refractivity contribution < 1.29 is 9.90 Å². The summed E-state index contributed by atoms with van der Waals surface area (Å²) in [6, 6.07) is 2.02. The molecule has 0 fully saturated rings. The minimum Gasteiger partial charge on any atom is -0.478 e. The summed E-state index contributed by atoms with van der Waals surface area (Å²) in [6.07, 6.45) is 2.68. The summed E-state index contributed by atoms with van der Waals surface area (Å²) >= 11 is 4.99. The van der Waals surface area contributed by atoms with Crippen LogP contribution in [0.25, 0.3) is 0 Å². The molecule has 0 unspecified atom stereocenters. The van der Waals surface area contributed by atoms with E-state index in [1.807, 2.05) is 23.4 Å². The van der Waals surface area contributed by atoms with Gasteiger partial charge in [0, 0.05) is 25.9 Å². The SMILES string of the molecule is CN(C=CC(=O)O)Cc1csc(Br)c1. The maximum atomic E-state index is 10.2. The minimum absolute atomic E-state index is 0.714. The Hall–Kier alpha value is -0.810. The minimum atomic E-state index is -0.927. The highest BCUT2D eigenvalue weighted by Gasteiger charge is 1.99. The predicted octanol–water partition coefficient (Wildman–Crippen LogP) is 2.54. The van der Waals surface area contributed by atoms with Crippen LogP contribution in [-0.4, -0.2) is 23.0 Å². The number of rotatable bonds is 4. The first-order valence-corrected chi connectivity index (χ1v) is 5.59. The second kappa shape index (κ2) is 5.17. The van der Waals surface area contributed by atoms with E-state index in [0.717, 1.165) is 9.86 Å². The molecule has 1 aromatic heterocycles. The Kier molecular flexibility index (Phi) is 4.16. The molecule has 0 atom stereocenters. The molecule has 1 heterocycles. The quantitative estimate of drug-likeness (QED) is 0.859. The van der Waals surface area contributed by atoms with Gasteiger partial charge in [-0.1, -0.05) is 0 Å². The lowest BCUT2D eigenvalue weighted by Gasteiger charge is -2.11. The van der Waals surface area contributed by atoms with Crippen LogP contribution in [0.2, 0.25) is 0 Å². The summed E-state index contributed by atoms with van der Waals surface area (Å²) < 4.78 is 1.09. The Bertz CT molecular complexity index is 348. The maximum Gasteiger partial charge on any atom is 0.329 e. The van der Waals surface area contributed by atoms with Gasteiger partial charge in [0.2, 0.25) is 0 Å². The van der Waals surface area contributed by atoms with Gasteiger partial charge >= 0.3 is 5.97 Å². The summed E-state index contributed by atoms with van der Waals surface area (Å²) in [4.78, 5) is 12.1. The lowest BCUT2D eigenvalue weighted by Crippen LogP contribution is -2.09. The third-order valence-electron chi connectivity index (χ3n) is 1.53. The molecule has 0 amide bonds. The van der Waals surface area contributed by atoms with Crippen molar-refractivity contribution >= 4 is 33.2 Å². The van der Waals surface area contributed by atoms with Gasteiger partial charge < -0.3 is 10.0 Å². The highest BCUT2D eigenvalue weighted by Crippen LogP contribution is 2.21. The first-order valence-electron chi connectivity index (χ1n) is 3.92. The summed E-state index contributed by atoms with van der Waals surface area (Å²) in [6.45, 7) is 0.714. The molecule has 0 aliphatic heterocycles. The molecular formula is C9H10BrNO2S. The molecule has 5 heteroatoms. The van der Waals surface area contributed by atoms with Crippen LogP contribution in [0.15, 0.2) is 27.5 Å². The summed E-state index contributed by atoms with van der Waals surface area (Å²) in [5.74, 6) is -0.927. The van der Waals surface area contributed by atoms with Gasteiger partial charge in [-0.05, 0) is 32.9 Å². The molecule has 0 radical (unpaired) electrons. The zero-order valence-corrected chi connectivity index (χ0v) is 10.0. The van der Waals surface area contributed by atoms with E-state index in [-0.39, 0.29) is 0 Å². The Morgan fingerprint density at radius 3 is 3.00 bits per heavy atom. The molecule has 1 N–H and O–H groups in total. The predicted molar refractivity (Wildman–Crippen MR) is 60.3 cm³/mol. The average Bonchev–Trinajstić information content (AvgIpc) is 2.48. The number of hydrogen-bond acceptors (Lipinski definition) is 3. The Labute approximate surface area is 94.8 Å². The van der Waals surface area contributed by atoms with Crippen LogP contribution >= 0.6 is 27.3 Å². The van der Waals surface area contributed by atoms with Crippen LogP contribution in [0.1, 0.15) is 5.56 Å². The molecule has 0 spiro atoms. The van der Waals surface area contributed by atoms with Crippen LogP contribution in [0, 0.1) is 0 Å². The Morgan fingerprint density at radius 2 is 2.50 bits per heavy atom. The lowest BCUT2D eigenvalue weighted by molar-refractivity contribution is -0.131. The first-order chi connectivity index (χ1) is 6.58. The van der Waals surface area contributed by atoms with Gasteiger partial charge in [-0.15, -0.1) is 11.3 Å². The first kappa shape index (κ1) is 11.3. The highest BCUT2D eigenvalue weighted by molar-refractivity contribution is 9.11. The fourth-order valence-electron chi connectivity index (χ4n) is 0.960. The number of nitrogens with zero attached hydrogens (tertiary/aromatic N) is 1. The second-order valence-corrected chi connectivity index (χ2v) is 5.12. The molecule has 1 rings (SSSR count). The fraction of sp³-hybridized carbons (Fsp3) is 0.222. The van der Waals surface area contributed by atoms with E-state index < -0.39 is 5.97 Å². The Morgan fingerprint density at radius 1 is 1.79 bits per heavy atom. The van der Waals surface area contributed by atoms with Crippen molar-refractivity contribution in [2.45, 2.75) is 6.54 Å². The molecule has 14 heavy (non-hydrogen) atoms. The smallest absolute Gasteiger partial charge is 0.329 e. The second-order valence-electron chi connectivity index (χ2n) is 2.83. The normalized spacial score (nSPS) is 10.7. The van der Waals surface area contributed by atoms with E-state index in [1.165, 1.54) is 5.56 Å². The average molecular weight is 276 g/mol. The van der Waals surface area contributed by atoms with E-state index in [1.54, 1.807) is 17.5 Å². The van der Waals surface area contributed by atoms with Crippen LogP contribution in [0.4, 0.5) is 0 Å². The van der Waals surface area contributed by atoms with Crippen molar-refractivity contribution in [1.29, 1.82) is 0 Å². The number of carboxylic acid groups (broad SMARTS) is 1. The lowest BCUT2D eigenvalue weighted by atomic mass is 10.3. The van der Waals surface area contributed by atoms with E-state index in [4.69, 9.17) is 5.11 Å². The zero-order valence-electron chi connectivity index (χ0n) is 7.61. The number of carboxylic acids is 1. The summed E-state index contributed by atoms with van der Waals surface area (Å²) in [5, 5.41) is 10.5. The number of carbonyl (C=O) groups is 1. The van der Waals surface area contributed by atoms with Crippen molar-refractivity contribution in [3.05, 3.63) is 33.1 Å². The van der Waals surface area contributed by atoms with E-state index in [0.29, 0.717) is 6.54 Å². The van der Waals surface area contributed by atoms with Gasteiger partial charge in [-0.2, -0.15) is 0 Å². The van der Waals surface area contributed by atoms with E-state index >= 15 is 0 Å². The van der Waals surface area contributed by atoms with Gasteiger partial charge in [0.05, 0.1) is 3.79 Å². The van der Waals surface area contributed by atoms with Crippen LogP contribution in [0.5, 0.6) is 0 Å². The van der Waals surface area contributed by atoms with Crippen LogP contribution < -0.4 is 0 Å². The molecule has 0 saturated heterocycles. The molecule has 76 valence electrons. The van der Waals surface area contributed by atoms with Crippen LogP contribution in [0.3, 0.4) is 0 Å². The molecule has 0 saturated carbocycles. The molecule has 0 bridgehead atoms. The number of aliphatic carboxylic acids is 1. The van der Waals surface area contributed by atoms with Gasteiger partial charge in [0.1, 0.15) is 0 Å². The van der Waals surface area contributed by atoms with Gasteiger partial charge in [-0.25, -0.2) is 4.79 Å². The van der Waals surface area contributed by atoms with Gasteiger partial charge in [0.15, 0.2) is 0 Å². The fourth-order valence-corrected chi connectivity index (χ4v) is 2.16. The molecule has 0 aliphatic carbocycles. The number of halogens is 1. The largest absolute Gasteiger partial charge is 0.478 e. The van der Waals surface area contributed by atoms with E-state index in [9.17, 15) is 4.79 Å². The van der Waals surface area contributed by atoms with Crippen molar-refractivity contribution in [3.8, 4) is 0 Å². The molecular weight excluding hydrogens is 266 g/mol. The highest BCUT2D eigenvalue weighted by atomic mass is 79.9. The third kappa shape index (κ3) is 3.93. The number of hydrogen-bond donors (Lipinski definition) is 1. The third-order valence-corrected chi connectivity index (χ3v) is 3.08. The van der Waals surface area contributed by atoms with Crippen molar-refractivity contribution in [2.24, 2.45) is 0 Å². The zero-order chi connectivity index (χ0) is 10.6. The van der Waals surface area contributed by atoms with Gasteiger partial charge in [-0.3, -0.25) is 0 Å². The maximum absolute atomic E-state index is 10.2. The van der Waals surface area contributed by atoms with Crippen molar-refractivity contribution in [3.63, 3.8) is 0 Å². The molecule has 0 aromatic carbocycles. The molecule has 0 aliphatic rings.